The molecule has 3 aliphatic rings. The average molecular weight is 498 g/mol. The fraction of sp³-hybridized carbons (Fsp3) is 0.500. The Morgan fingerprint density at radius 1 is 1.21 bits per heavy atom. The second-order valence-corrected chi connectivity index (χ2v) is 8.20. The van der Waals surface area contributed by atoms with Crippen molar-refractivity contribution in [1.82, 2.24) is 19.9 Å². The Kier molecular flexibility index (Phi) is 4.76. The van der Waals surface area contributed by atoms with Gasteiger partial charge >= 0.3 is 11.9 Å². The van der Waals surface area contributed by atoms with Gasteiger partial charge in [0, 0.05) is 18.7 Å². The highest BCUT2D eigenvalue weighted by atomic mass is 127. The largest absolute Gasteiger partial charge is 0.477 e. The Balaban J connectivity index is 1.49. The van der Waals surface area contributed by atoms with E-state index in [2.05, 4.69) is 15.4 Å². The quantitative estimate of drug-likeness (QED) is 0.607. The lowest BCUT2D eigenvalue weighted by molar-refractivity contribution is -0.152. The Morgan fingerprint density at radius 2 is 1.89 bits per heavy atom. The third-order valence-electron chi connectivity index (χ3n) is 6.34. The van der Waals surface area contributed by atoms with E-state index in [1.165, 1.54) is 16.8 Å². The van der Waals surface area contributed by atoms with E-state index in [0.29, 0.717) is 12.2 Å². The third-order valence-corrected chi connectivity index (χ3v) is 6.74. The topological polar surface area (TPSA) is 123 Å². The third kappa shape index (κ3) is 3.12. The van der Waals surface area contributed by atoms with Gasteiger partial charge in [0.25, 0.3) is 5.91 Å². The van der Waals surface area contributed by atoms with Gasteiger partial charge in [-0.2, -0.15) is 5.10 Å². The van der Waals surface area contributed by atoms with Gasteiger partial charge < -0.3 is 13.5 Å². The molecule has 28 heavy (non-hydrogen) atoms. The summed E-state index contributed by atoms with van der Waals surface area (Å²) in [5.41, 5.74) is -0.155. The Bertz CT molecular complexity index is 948. The van der Waals surface area contributed by atoms with Crippen LogP contribution in [-0.4, -0.2) is 44.1 Å². The molecular formula is C18H19IN4O5. The number of hydrogen-bond acceptors (Lipinski definition) is 6. The number of halogens is 1. The smallest absolute Gasteiger partial charge is 0.354 e. The number of hydrogen-bond donors (Lipinski definition) is 2. The fourth-order valence-corrected chi connectivity index (χ4v) is 4.93. The highest BCUT2D eigenvalue weighted by molar-refractivity contribution is 14.1. The van der Waals surface area contributed by atoms with Gasteiger partial charge in [0.1, 0.15) is 5.69 Å². The molecule has 0 saturated heterocycles. The Morgan fingerprint density at radius 3 is 2.50 bits per heavy atom. The standard InChI is InChI=1S/C18H19IN4O5/c19-28-16(27)18-5-2-17(3-6-18,4-7-18)10-20-14(24)12-9-11(15(25)26)22-13-1-8-21-23(12)13/h1,8-9H,2-7,10H2,(H,20,24)(H,25,26). The maximum absolute atomic E-state index is 12.8. The van der Waals surface area contributed by atoms with Crippen LogP contribution in [0.2, 0.25) is 0 Å². The lowest BCUT2D eigenvalue weighted by Crippen LogP contribution is -2.50. The molecule has 0 radical (unpaired) electrons. The Hall–Kier alpha value is -2.24. The van der Waals surface area contributed by atoms with Crippen LogP contribution in [0.5, 0.6) is 0 Å². The molecule has 2 heterocycles. The second kappa shape index (κ2) is 6.98. The van der Waals surface area contributed by atoms with Crippen LogP contribution in [0.4, 0.5) is 0 Å². The molecule has 0 aliphatic heterocycles. The summed E-state index contributed by atoms with van der Waals surface area (Å²) >= 11 is 1.65. The van der Waals surface area contributed by atoms with Crippen molar-refractivity contribution in [3.63, 3.8) is 0 Å². The van der Waals surface area contributed by atoms with E-state index < -0.39 is 5.97 Å². The van der Waals surface area contributed by atoms with E-state index in [1.54, 1.807) is 29.1 Å². The molecule has 2 aromatic heterocycles. The first-order valence-corrected chi connectivity index (χ1v) is 9.96. The van der Waals surface area contributed by atoms with Crippen molar-refractivity contribution in [2.24, 2.45) is 10.8 Å². The summed E-state index contributed by atoms with van der Waals surface area (Å²) in [6.45, 7) is 0.481. The van der Waals surface area contributed by atoms with Crippen LogP contribution in [0, 0.1) is 10.8 Å². The molecule has 0 aromatic carbocycles. The van der Waals surface area contributed by atoms with Gasteiger partial charge in [-0.15, -0.1) is 0 Å². The summed E-state index contributed by atoms with van der Waals surface area (Å²) in [4.78, 5) is 40.2. The van der Waals surface area contributed by atoms with Crippen LogP contribution in [0.3, 0.4) is 0 Å². The molecule has 3 fully saturated rings. The average Bonchev–Trinajstić information content (AvgIpc) is 3.20. The summed E-state index contributed by atoms with van der Waals surface area (Å²) < 4.78 is 6.29. The Labute approximate surface area is 174 Å². The van der Waals surface area contributed by atoms with Crippen molar-refractivity contribution >= 4 is 46.5 Å². The lowest BCUT2D eigenvalue weighted by atomic mass is 9.53. The predicted molar refractivity (Wildman–Crippen MR) is 105 cm³/mol. The van der Waals surface area contributed by atoms with Crippen LogP contribution < -0.4 is 5.32 Å². The monoisotopic (exact) mass is 498 g/mol. The minimum atomic E-state index is -1.20. The summed E-state index contributed by atoms with van der Waals surface area (Å²) in [5, 5.41) is 16.3. The SMILES string of the molecule is O=C(O)c1cc(C(=O)NCC23CCC(C(=O)OI)(CC2)CC3)n2nccc2n1. The number of aromatic nitrogens is 3. The summed E-state index contributed by atoms with van der Waals surface area (Å²) in [6.07, 6.45) is 6.34. The van der Waals surface area contributed by atoms with Gasteiger partial charge in [-0.05, 0) is 43.9 Å². The number of carboxylic acids is 1. The molecule has 2 N–H and O–H groups in total. The number of carboxylic acid groups (broad SMARTS) is 1. The summed E-state index contributed by atoms with van der Waals surface area (Å²) in [5.74, 6) is -1.72. The summed E-state index contributed by atoms with van der Waals surface area (Å²) in [6, 6.07) is 2.79. The van der Waals surface area contributed by atoms with E-state index in [9.17, 15) is 19.5 Å². The fourth-order valence-electron chi connectivity index (χ4n) is 4.46. The molecular weight excluding hydrogens is 479 g/mol. The predicted octanol–water partition coefficient (Wildman–Crippen LogP) is 2.39. The molecule has 10 heteroatoms. The molecule has 0 spiro atoms. The summed E-state index contributed by atoms with van der Waals surface area (Å²) in [7, 11) is 0. The zero-order valence-corrected chi connectivity index (χ0v) is 17.1. The number of amides is 1. The van der Waals surface area contributed by atoms with Crippen LogP contribution in [0.15, 0.2) is 18.3 Å². The van der Waals surface area contributed by atoms with Gasteiger partial charge in [-0.3, -0.25) is 9.59 Å². The molecule has 1 amide bonds. The zero-order chi connectivity index (χ0) is 19.9. The van der Waals surface area contributed by atoms with Gasteiger partial charge in [0.05, 0.1) is 11.6 Å². The van der Waals surface area contributed by atoms with E-state index >= 15 is 0 Å². The van der Waals surface area contributed by atoms with Crippen molar-refractivity contribution < 1.29 is 22.6 Å². The first kappa shape index (κ1) is 19.1. The van der Waals surface area contributed by atoms with Crippen LogP contribution in [0.1, 0.15) is 59.5 Å². The first-order valence-electron chi connectivity index (χ1n) is 9.07. The van der Waals surface area contributed by atoms with Crippen LogP contribution in [0.25, 0.3) is 5.65 Å². The maximum atomic E-state index is 12.8. The maximum Gasteiger partial charge on any atom is 0.354 e. The molecule has 5 rings (SSSR count). The van der Waals surface area contributed by atoms with Gasteiger partial charge in [-0.1, -0.05) is 0 Å². The van der Waals surface area contributed by atoms with Crippen molar-refractivity contribution in [2.75, 3.05) is 6.54 Å². The zero-order valence-electron chi connectivity index (χ0n) is 15.0. The minimum absolute atomic E-state index is 0.0329. The molecule has 148 valence electrons. The number of nitrogens with zero attached hydrogens (tertiary/aromatic N) is 3. The number of fused-ring (bicyclic) bond motifs is 4. The van der Waals surface area contributed by atoms with Crippen LogP contribution >= 0.6 is 23.0 Å². The van der Waals surface area contributed by atoms with E-state index in [-0.39, 0.29) is 34.1 Å². The van der Waals surface area contributed by atoms with Crippen molar-refractivity contribution in [3.05, 3.63) is 29.7 Å². The normalized spacial score (nSPS) is 26.2. The second-order valence-electron chi connectivity index (χ2n) is 7.76. The van der Waals surface area contributed by atoms with Crippen molar-refractivity contribution in [3.8, 4) is 0 Å². The van der Waals surface area contributed by atoms with Gasteiger partial charge in [0.2, 0.25) is 0 Å². The number of carbonyl (C=O) groups is 3. The molecule has 2 aromatic rings. The number of aromatic carboxylic acids is 1. The van der Waals surface area contributed by atoms with Crippen molar-refractivity contribution in [2.45, 2.75) is 38.5 Å². The lowest BCUT2D eigenvalue weighted by Gasteiger charge is -2.51. The number of carbonyl (C=O) groups excluding carboxylic acids is 2. The molecule has 2 bridgehead atoms. The minimum Gasteiger partial charge on any atom is -0.477 e. The molecule has 3 aliphatic carbocycles. The van der Waals surface area contributed by atoms with Gasteiger partial charge in [0.15, 0.2) is 34.3 Å². The number of nitrogens with one attached hydrogen (secondary N) is 1. The highest BCUT2D eigenvalue weighted by Crippen LogP contribution is 2.57. The number of rotatable bonds is 5. The highest BCUT2D eigenvalue weighted by Gasteiger charge is 2.53. The molecule has 9 nitrogen and oxygen atoms in total. The van der Waals surface area contributed by atoms with E-state index in [0.717, 1.165) is 38.5 Å². The van der Waals surface area contributed by atoms with Crippen molar-refractivity contribution in [1.29, 1.82) is 0 Å². The van der Waals surface area contributed by atoms with Crippen LogP contribution in [-0.2, 0) is 7.86 Å². The molecule has 3 saturated carbocycles. The molecule has 0 atom stereocenters. The van der Waals surface area contributed by atoms with E-state index in [4.69, 9.17) is 3.07 Å². The van der Waals surface area contributed by atoms with Gasteiger partial charge in [-0.25, -0.2) is 14.3 Å². The first-order chi connectivity index (χ1) is 13.4. The molecule has 0 unspecified atom stereocenters. The van der Waals surface area contributed by atoms with E-state index in [1.807, 2.05) is 0 Å².